The van der Waals surface area contributed by atoms with E-state index in [0.29, 0.717) is 11.0 Å². The Hall–Kier alpha value is -4.16. The van der Waals surface area contributed by atoms with Gasteiger partial charge in [0, 0.05) is 16.8 Å². The molecule has 0 radical (unpaired) electrons. The van der Waals surface area contributed by atoms with Gasteiger partial charge in [-0.15, -0.1) is 5.10 Å². The largest absolute Gasteiger partial charge is 0.324 e. The summed E-state index contributed by atoms with van der Waals surface area (Å²) in [5, 5.41) is 11.2. The van der Waals surface area contributed by atoms with E-state index >= 15 is 0 Å². The van der Waals surface area contributed by atoms with E-state index in [0.717, 1.165) is 22.4 Å². The van der Waals surface area contributed by atoms with Crippen LogP contribution in [0, 0.1) is 0 Å². The zero-order valence-electron chi connectivity index (χ0n) is 17.5. The second kappa shape index (κ2) is 9.14. The van der Waals surface area contributed by atoms with Gasteiger partial charge in [-0.05, 0) is 34.9 Å². The van der Waals surface area contributed by atoms with Gasteiger partial charge in [-0.25, -0.2) is 4.68 Å². The lowest BCUT2D eigenvalue weighted by molar-refractivity contribution is -0.111. The summed E-state index contributed by atoms with van der Waals surface area (Å²) < 4.78 is 1.77. The normalized spacial score (nSPS) is 14.9. The number of hydrogen-bond donors (Lipinski definition) is 2. The molecule has 1 aromatic heterocycles. The molecular formula is C26H20ClN5O. The summed E-state index contributed by atoms with van der Waals surface area (Å²) in [7, 11) is 0. The van der Waals surface area contributed by atoms with Gasteiger partial charge in [0.15, 0.2) is 0 Å². The minimum atomic E-state index is -0.342. The van der Waals surface area contributed by atoms with Crippen LogP contribution in [0.25, 0.3) is 11.8 Å². The Labute approximate surface area is 196 Å². The molecule has 0 saturated carbocycles. The first kappa shape index (κ1) is 20.7. The Bertz CT molecular complexity index is 1350. The number of allylic oxidation sites excluding steroid dienone is 1. The Balaban J connectivity index is 1.42. The van der Waals surface area contributed by atoms with E-state index in [1.54, 1.807) is 16.8 Å². The number of amides is 1. The predicted molar refractivity (Wildman–Crippen MR) is 132 cm³/mol. The summed E-state index contributed by atoms with van der Waals surface area (Å²) in [5.41, 5.74) is 3.80. The van der Waals surface area contributed by atoms with E-state index in [2.05, 4.69) is 26.8 Å². The van der Waals surface area contributed by atoms with Crippen molar-refractivity contribution in [1.82, 2.24) is 14.8 Å². The van der Waals surface area contributed by atoms with Crippen LogP contribution in [0.3, 0.4) is 0 Å². The molecule has 1 atom stereocenters. The van der Waals surface area contributed by atoms with E-state index in [9.17, 15) is 4.79 Å². The molecule has 4 aromatic rings. The molecule has 162 valence electrons. The number of aromatic nitrogens is 3. The zero-order chi connectivity index (χ0) is 22.6. The highest BCUT2D eigenvalue weighted by atomic mass is 35.5. The predicted octanol–water partition coefficient (Wildman–Crippen LogP) is 5.64. The summed E-state index contributed by atoms with van der Waals surface area (Å²) in [6.45, 7) is 0. The maximum Gasteiger partial charge on any atom is 0.250 e. The van der Waals surface area contributed by atoms with E-state index < -0.39 is 0 Å². The molecule has 2 N–H and O–H groups in total. The van der Waals surface area contributed by atoms with Crippen LogP contribution in [0.15, 0.2) is 97.1 Å². The van der Waals surface area contributed by atoms with Crippen LogP contribution in [-0.4, -0.2) is 20.7 Å². The maximum atomic E-state index is 12.5. The fourth-order valence-corrected chi connectivity index (χ4v) is 3.85. The maximum absolute atomic E-state index is 12.5. The summed E-state index contributed by atoms with van der Waals surface area (Å²) in [5.74, 6) is 0.427. The Morgan fingerprint density at radius 3 is 2.42 bits per heavy atom. The van der Waals surface area contributed by atoms with Crippen LogP contribution in [0.1, 0.15) is 22.7 Å². The van der Waals surface area contributed by atoms with Gasteiger partial charge < -0.3 is 5.32 Å². The summed E-state index contributed by atoms with van der Waals surface area (Å²) >= 11 is 6.15. The number of carbonyl (C=O) groups is 1. The third-order valence-electron chi connectivity index (χ3n) is 5.25. The van der Waals surface area contributed by atoms with Crippen molar-refractivity contribution in [2.24, 2.45) is 0 Å². The first-order valence-corrected chi connectivity index (χ1v) is 10.8. The molecule has 7 heteroatoms. The monoisotopic (exact) mass is 453 g/mol. The summed E-state index contributed by atoms with van der Waals surface area (Å²) in [6.07, 6.45) is 5.18. The zero-order valence-corrected chi connectivity index (χ0v) is 18.3. The minimum absolute atomic E-state index is 0.172. The number of fused-ring (bicyclic) bond motifs is 1. The lowest BCUT2D eigenvalue weighted by atomic mass is 10.0. The number of nitrogens with zero attached hydrogens (tertiary/aromatic N) is 3. The van der Waals surface area contributed by atoms with Crippen LogP contribution >= 0.6 is 11.6 Å². The number of anilines is 2. The lowest BCUT2D eigenvalue weighted by Crippen LogP contribution is -2.20. The Morgan fingerprint density at radius 2 is 1.67 bits per heavy atom. The van der Waals surface area contributed by atoms with Crippen LogP contribution in [0.2, 0.25) is 5.02 Å². The molecular weight excluding hydrogens is 434 g/mol. The molecule has 5 rings (SSSR count). The molecule has 0 fully saturated rings. The number of carbonyl (C=O) groups excluding carboxylic acids is 1. The van der Waals surface area contributed by atoms with Gasteiger partial charge in [0.25, 0.3) is 11.9 Å². The third-order valence-corrected chi connectivity index (χ3v) is 5.59. The molecule has 1 amide bonds. The Kier molecular flexibility index (Phi) is 5.74. The molecule has 1 aliphatic heterocycles. The highest BCUT2D eigenvalue weighted by Crippen LogP contribution is 2.33. The van der Waals surface area contributed by atoms with Gasteiger partial charge in [0.1, 0.15) is 6.04 Å². The molecule has 33 heavy (non-hydrogen) atoms. The second-order valence-electron chi connectivity index (χ2n) is 7.47. The lowest BCUT2D eigenvalue weighted by Gasteiger charge is -2.24. The number of rotatable bonds is 5. The minimum Gasteiger partial charge on any atom is -0.324 e. The van der Waals surface area contributed by atoms with Crippen molar-refractivity contribution in [1.29, 1.82) is 0 Å². The van der Waals surface area contributed by atoms with Crippen molar-refractivity contribution in [2.75, 3.05) is 10.6 Å². The van der Waals surface area contributed by atoms with Gasteiger partial charge >= 0.3 is 0 Å². The van der Waals surface area contributed by atoms with Crippen LogP contribution in [0.4, 0.5) is 11.9 Å². The molecule has 0 spiro atoms. The van der Waals surface area contributed by atoms with Crippen LogP contribution in [0.5, 0.6) is 0 Å². The van der Waals surface area contributed by atoms with Gasteiger partial charge in [-0.1, -0.05) is 90.5 Å². The average Bonchev–Trinajstić information content (AvgIpc) is 3.26. The van der Waals surface area contributed by atoms with Crippen LogP contribution in [-0.2, 0) is 4.79 Å². The van der Waals surface area contributed by atoms with E-state index in [4.69, 9.17) is 11.6 Å². The fourth-order valence-electron chi connectivity index (χ4n) is 3.65. The Morgan fingerprint density at radius 1 is 0.970 bits per heavy atom. The van der Waals surface area contributed by atoms with Gasteiger partial charge in [0.05, 0.1) is 0 Å². The van der Waals surface area contributed by atoms with Crippen molar-refractivity contribution in [3.05, 3.63) is 119 Å². The number of hydrogen-bond acceptors (Lipinski definition) is 4. The van der Waals surface area contributed by atoms with E-state index in [1.165, 1.54) is 6.08 Å². The molecule has 1 unspecified atom stereocenters. The van der Waals surface area contributed by atoms with E-state index in [1.807, 2.05) is 78.9 Å². The van der Waals surface area contributed by atoms with Crippen molar-refractivity contribution < 1.29 is 4.79 Å². The summed E-state index contributed by atoms with van der Waals surface area (Å²) in [6, 6.07) is 27.2. The van der Waals surface area contributed by atoms with Gasteiger partial charge in [0.2, 0.25) is 5.95 Å². The molecule has 0 saturated heterocycles. The molecule has 0 aliphatic carbocycles. The fraction of sp³-hybridized carbons (Fsp3) is 0.0385. The first-order chi connectivity index (χ1) is 16.2. The van der Waals surface area contributed by atoms with Crippen LogP contribution < -0.4 is 10.6 Å². The third kappa shape index (κ3) is 4.56. The second-order valence-corrected chi connectivity index (χ2v) is 7.88. The van der Waals surface area contributed by atoms with Crippen molar-refractivity contribution >= 4 is 41.2 Å². The van der Waals surface area contributed by atoms with Crippen molar-refractivity contribution in [3.8, 4) is 0 Å². The smallest absolute Gasteiger partial charge is 0.250 e. The first-order valence-electron chi connectivity index (χ1n) is 10.5. The quantitative estimate of drug-likeness (QED) is 0.383. The highest BCUT2D eigenvalue weighted by molar-refractivity contribution is 6.32. The topological polar surface area (TPSA) is 71.8 Å². The number of halogens is 1. The van der Waals surface area contributed by atoms with Gasteiger partial charge in [-0.2, -0.15) is 4.98 Å². The summed E-state index contributed by atoms with van der Waals surface area (Å²) in [4.78, 5) is 17.0. The van der Waals surface area contributed by atoms with Crippen molar-refractivity contribution in [3.63, 3.8) is 0 Å². The standard InChI is InChI=1S/C26H20ClN5O/c27-21-14-8-7-9-18(21)15-16-24(33)29-25-30-26-28-22(19-10-3-1-4-11-19)17-23(32(26)31-25)20-12-5-2-6-13-20/h1-17,23H,(H2,28,29,30,31,33). The SMILES string of the molecule is O=C(C=Cc1ccccc1Cl)Nc1nc2n(n1)C(c1ccccc1)C=C(c1ccccc1)N2. The van der Waals surface area contributed by atoms with Crippen molar-refractivity contribution in [2.45, 2.75) is 6.04 Å². The number of nitrogens with one attached hydrogen (secondary N) is 2. The molecule has 3 aromatic carbocycles. The van der Waals surface area contributed by atoms with E-state index in [-0.39, 0.29) is 17.9 Å². The average molecular weight is 454 g/mol. The molecule has 6 nitrogen and oxygen atoms in total. The number of benzene rings is 3. The van der Waals surface area contributed by atoms with Gasteiger partial charge in [-0.3, -0.25) is 10.1 Å². The molecule has 2 heterocycles. The molecule has 1 aliphatic rings. The molecule has 0 bridgehead atoms. The highest BCUT2D eigenvalue weighted by Gasteiger charge is 2.25.